The van der Waals surface area contributed by atoms with E-state index in [1.54, 1.807) is 19.4 Å². The highest BCUT2D eigenvalue weighted by Gasteiger charge is 2.28. The van der Waals surface area contributed by atoms with Crippen molar-refractivity contribution in [3.8, 4) is 22.9 Å². The van der Waals surface area contributed by atoms with Gasteiger partial charge in [0.15, 0.2) is 9.92 Å². The molecule has 0 radical (unpaired) electrons. The van der Waals surface area contributed by atoms with Crippen molar-refractivity contribution in [2.75, 3.05) is 26.1 Å². The highest BCUT2D eigenvalue weighted by atomic mass is 32.2. The number of aromatic nitrogens is 3. The minimum atomic E-state index is -3.61. The number of ether oxygens (including phenoxy) is 3. The van der Waals surface area contributed by atoms with E-state index in [0.29, 0.717) is 18.1 Å². The SMILES string of the molecule is COc1cc(-c2ccc3c(c2NC(=O)N=S(N)(=O)c2cnn4c2OC[C@@H](OC)C4)CC3)ccn1. The molecule has 5 rings (SSSR count). The number of carbonyl (C=O) groups excluding carboxylic acids is 1. The summed E-state index contributed by atoms with van der Waals surface area (Å²) in [5.41, 5.74) is 4.36. The Morgan fingerprint density at radius 1 is 1.32 bits per heavy atom. The van der Waals surface area contributed by atoms with Gasteiger partial charge in [-0.15, -0.1) is 4.36 Å². The Morgan fingerprint density at radius 2 is 2.18 bits per heavy atom. The first-order valence-corrected chi connectivity index (χ1v) is 12.2. The van der Waals surface area contributed by atoms with Crippen LogP contribution in [0.1, 0.15) is 11.1 Å². The fraction of sp³-hybridized carbons (Fsp3) is 0.318. The maximum Gasteiger partial charge on any atom is 0.354 e. The van der Waals surface area contributed by atoms with Crippen LogP contribution in [0, 0.1) is 0 Å². The number of hydrogen-bond donors (Lipinski definition) is 2. The van der Waals surface area contributed by atoms with Crippen molar-refractivity contribution in [2.45, 2.75) is 30.4 Å². The van der Waals surface area contributed by atoms with E-state index in [-0.39, 0.29) is 23.5 Å². The average Bonchev–Trinajstić information content (AvgIpc) is 3.24. The Kier molecular flexibility index (Phi) is 5.71. The number of urea groups is 1. The second-order valence-corrected chi connectivity index (χ2v) is 9.73. The van der Waals surface area contributed by atoms with Crippen LogP contribution >= 0.6 is 0 Å². The van der Waals surface area contributed by atoms with Gasteiger partial charge in [0.2, 0.25) is 11.8 Å². The Bertz CT molecular complexity index is 1390. The molecule has 3 heterocycles. The second kappa shape index (κ2) is 8.70. The first-order valence-electron chi connectivity index (χ1n) is 10.6. The summed E-state index contributed by atoms with van der Waals surface area (Å²) in [5.74, 6) is 0.680. The molecule has 2 amide bonds. The van der Waals surface area contributed by atoms with Crippen LogP contribution in [-0.2, 0) is 34.0 Å². The minimum Gasteiger partial charge on any atom is -0.481 e. The lowest BCUT2D eigenvalue weighted by molar-refractivity contribution is 0.0165. The van der Waals surface area contributed by atoms with Gasteiger partial charge in [0.05, 0.1) is 25.5 Å². The van der Waals surface area contributed by atoms with Crippen molar-refractivity contribution >= 4 is 21.6 Å². The van der Waals surface area contributed by atoms with Gasteiger partial charge in [0, 0.05) is 24.9 Å². The summed E-state index contributed by atoms with van der Waals surface area (Å²) in [6.07, 6.45) is 4.50. The number of nitrogens with two attached hydrogens (primary N) is 1. The summed E-state index contributed by atoms with van der Waals surface area (Å²) in [6, 6.07) is 6.75. The number of hydrogen-bond acceptors (Lipinski definition) is 7. The number of amides is 2. The normalized spacial score (nSPS) is 17.9. The van der Waals surface area contributed by atoms with E-state index in [1.807, 2.05) is 18.2 Å². The molecule has 3 N–H and O–H groups in total. The Hall–Kier alpha value is -3.48. The standard InChI is InChI=1S/C22H24N6O5S/c1-31-15-11-28-21(33-12-15)18(10-25-28)34(23,30)27-22(29)26-20-16-5-3-13(16)4-6-17(20)14-7-8-24-19(9-14)32-2/h4,6-10,15H,3,5,11-12H2,1-2H3,(H3,23,26,27,29,30)/t15-,34?/m0/s1. The number of methoxy groups -OCH3 is 2. The van der Waals surface area contributed by atoms with Gasteiger partial charge in [-0.05, 0) is 35.6 Å². The number of fused-ring (bicyclic) bond motifs is 2. The van der Waals surface area contributed by atoms with Gasteiger partial charge in [0.1, 0.15) is 17.6 Å². The molecule has 178 valence electrons. The van der Waals surface area contributed by atoms with Crippen LogP contribution in [0.4, 0.5) is 10.5 Å². The quantitative estimate of drug-likeness (QED) is 0.566. The van der Waals surface area contributed by atoms with E-state index in [0.717, 1.165) is 35.1 Å². The first-order chi connectivity index (χ1) is 16.4. The number of rotatable bonds is 5. The lowest BCUT2D eigenvalue weighted by Crippen LogP contribution is -2.32. The number of pyridine rings is 1. The van der Waals surface area contributed by atoms with Crippen molar-refractivity contribution in [3.63, 3.8) is 0 Å². The van der Waals surface area contributed by atoms with E-state index in [4.69, 9.17) is 19.3 Å². The molecule has 2 aromatic heterocycles. The zero-order valence-corrected chi connectivity index (χ0v) is 19.5. The number of carbonyl (C=O) groups is 1. The third-order valence-electron chi connectivity index (χ3n) is 5.95. The Morgan fingerprint density at radius 3 is 2.91 bits per heavy atom. The molecule has 3 aromatic rings. The molecular formula is C22H24N6O5S. The summed E-state index contributed by atoms with van der Waals surface area (Å²) < 4.78 is 34.7. The molecule has 2 aliphatic rings. The largest absolute Gasteiger partial charge is 0.481 e. The molecule has 0 saturated heterocycles. The molecule has 12 heteroatoms. The van der Waals surface area contributed by atoms with Crippen molar-refractivity contribution in [3.05, 3.63) is 47.8 Å². The van der Waals surface area contributed by atoms with Crippen molar-refractivity contribution in [2.24, 2.45) is 9.50 Å². The molecule has 1 aromatic carbocycles. The van der Waals surface area contributed by atoms with E-state index in [2.05, 4.69) is 19.8 Å². The van der Waals surface area contributed by atoms with Gasteiger partial charge in [-0.3, -0.25) is 0 Å². The Labute approximate surface area is 196 Å². The van der Waals surface area contributed by atoms with Gasteiger partial charge in [-0.25, -0.2) is 23.8 Å². The first kappa shape index (κ1) is 22.3. The van der Waals surface area contributed by atoms with Gasteiger partial charge in [-0.1, -0.05) is 12.1 Å². The summed E-state index contributed by atoms with van der Waals surface area (Å²) in [5, 5.41) is 13.0. The molecule has 11 nitrogen and oxygen atoms in total. The van der Waals surface area contributed by atoms with Crippen molar-refractivity contribution in [1.29, 1.82) is 0 Å². The summed E-state index contributed by atoms with van der Waals surface area (Å²) in [7, 11) is -0.499. The van der Waals surface area contributed by atoms with Gasteiger partial charge < -0.3 is 19.5 Å². The summed E-state index contributed by atoms with van der Waals surface area (Å²) in [6.45, 7) is 0.675. The number of nitrogens with zero attached hydrogens (tertiary/aromatic N) is 4. The predicted molar refractivity (Wildman–Crippen MR) is 124 cm³/mol. The molecule has 0 spiro atoms. The van der Waals surface area contributed by atoms with Crippen LogP contribution in [-0.4, -0.2) is 51.9 Å². The molecule has 0 saturated carbocycles. The predicted octanol–water partition coefficient (Wildman–Crippen LogP) is 2.39. The van der Waals surface area contributed by atoms with Crippen LogP contribution in [0.2, 0.25) is 0 Å². The number of aryl methyl sites for hydroxylation is 1. The molecule has 1 aliphatic carbocycles. The summed E-state index contributed by atoms with van der Waals surface area (Å²) in [4.78, 5) is 17.1. The maximum atomic E-state index is 13.2. The molecule has 1 aliphatic heterocycles. The van der Waals surface area contributed by atoms with Gasteiger partial charge in [0.25, 0.3) is 0 Å². The Balaban J connectivity index is 1.47. The molecule has 1 unspecified atom stereocenters. The van der Waals surface area contributed by atoms with Crippen LogP contribution in [0.5, 0.6) is 11.8 Å². The second-order valence-electron chi connectivity index (χ2n) is 7.97. The van der Waals surface area contributed by atoms with Crippen LogP contribution in [0.25, 0.3) is 11.1 Å². The highest BCUT2D eigenvalue weighted by molar-refractivity contribution is 7.91. The smallest absolute Gasteiger partial charge is 0.354 e. The zero-order chi connectivity index (χ0) is 23.9. The summed E-state index contributed by atoms with van der Waals surface area (Å²) >= 11 is 0. The third kappa shape index (κ3) is 4.00. The average molecular weight is 485 g/mol. The van der Waals surface area contributed by atoms with Gasteiger partial charge in [-0.2, -0.15) is 5.10 Å². The number of anilines is 1. The maximum absolute atomic E-state index is 13.2. The topological polar surface area (TPSA) is 143 Å². The fourth-order valence-corrected chi connectivity index (χ4v) is 5.06. The highest BCUT2D eigenvalue weighted by Crippen LogP contribution is 2.39. The molecule has 34 heavy (non-hydrogen) atoms. The van der Waals surface area contributed by atoms with E-state index >= 15 is 0 Å². The number of nitrogens with one attached hydrogen (secondary N) is 1. The third-order valence-corrected chi connectivity index (χ3v) is 7.30. The van der Waals surface area contributed by atoms with E-state index in [9.17, 15) is 9.00 Å². The molecular weight excluding hydrogens is 460 g/mol. The van der Waals surface area contributed by atoms with E-state index in [1.165, 1.54) is 18.0 Å². The molecule has 2 atom stereocenters. The fourth-order valence-electron chi connectivity index (χ4n) is 4.06. The lowest BCUT2D eigenvalue weighted by Gasteiger charge is -2.25. The molecule has 0 fully saturated rings. The lowest BCUT2D eigenvalue weighted by atomic mass is 9.84. The monoisotopic (exact) mass is 484 g/mol. The molecule has 0 bridgehead atoms. The zero-order valence-electron chi connectivity index (χ0n) is 18.7. The van der Waals surface area contributed by atoms with Crippen LogP contribution in [0.15, 0.2) is 45.9 Å². The van der Waals surface area contributed by atoms with E-state index < -0.39 is 15.9 Å². The van der Waals surface area contributed by atoms with Crippen LogP contribution < -0.4 is 19.9 Å². The van der Waals surface area contributed by atoms with Crippen LogP contribution in [0.3, 0.4) is 0 Å². The van der Waals surface area contributed by atoms with Crippen molar-refractivity contribution in [1.82, 2.24) is 14.8 Å². The van der Waals surface area contributed by atoms with Gasteiger partial charge >= 0.3 is 6.03 Å². The minimum absolute atomic E-state index is 0.0670. The van der Waals surface area contributed by atoms with Crippen molar-refractivity contribution < 1.29 is 23.2 Å². The number of benzene rings is 1.